The van der Waals surface area contributed by atoms with E-state index in [1.165, 1.54) is 23.6 Å². The summed E-state index contributed by atoms with van der Waals surface area (Å²) in [7, 11) is 0. The van der Waals surface area contributed by atoms with Crippen molar-refractivity contribution in [3.63, 3.8) is 0 Å². The molecule has 166 valence electrons. The minimum Gasteiger partial charge on any atom is -0.444 e. The van der Waals surface area contributed by atoms with Crippen LogP contribution in [-0.2, 0) is 4.74 Å². The number of anilines is 1. The fourth-order valence-electron chi connectivity index (χ4n) is 3.19. The molecular formula is C23H29FN4O2S. The number of nitrogens with zero attached hydrogens (tertiary/aromatic N) is 3. The minimum absolute atomic E-state index is 0.305. The van der Waals surface area contributed by atoms with Crippen LogP contribution in [0.3, 0.4) is 0 Å². The Bertz CT molecular complexity index is 920. The number of carbonyl (C=O) groups is 1. The number of rotatable bonds is 5. The first-order valence-corrected chi connectivity index (χ1v) is 11.1. The van der Waals surface area contributed by atoms with Gasteiger partial charge in [0, 0.05) is 48.6 Å². The van der Waals surface area contributed by atoms with E-state index in [1.54, 1.807) is 17.2 Å². The van der Waals surface area contributed by atoms with Crippen molar-refractivity contribution in [1.82, 2.24) is 9.73 Å². The summed E-state index contributed by atoms with van der Waals surface area (Å²) in [5.41, 5.74) is 1.84. The number of nitrogens with one attached hydrogen (secondary N) is 1. The maximum absolute atomic E-state index is 14.7. The number of piperazine rings is 1. The molecular weight excluding hydrogens is 415 g/mol. The van der Waals surface area contributed by atoms with Gasteiger partial charge in [0.1, 0.15) is 11.4 Å². The van der Waals surface area contributed by atoms with Gasteiger partial charge in [-0.05, 0) is 45.9 Å². The van der Waals surface area contributed by atoms with Crippen molar-refractivity contribution in [3.05, 3.63) is 59.4 Å². The largest absolute Gasteiger partial charge is 0.444 e. The van der Waals surface area contributed by atoms with Crippen molar-refractivity contribution in [3.8, 4) is 0 Å². The van der Waals surface area contributed by atoms with E-state index < -0.39 is 5.60 Å². The summed E-state index contributed by atoms with van der Waals surface area (Å²) in [6.07, 6.45) is 1.29. The number of ether oxygens (including phenoxy) is 1. The third kappa shape index (κ3) is 6.62. The number of carbonyl (C=O) groups excluding carboxylic acids is 1. The maximum Gasteiger partial charge on any atom is 0.410 e. The van der Waals surface area contributed by atoms with Crippen LogP contribution in [0.4, 0.5) is 14.9 Å². The fraction of sp³-hybridized carbons (Fsp3) is 0.391. The number of benzene rings is 2. The standard InChI is InChI=1S/C23H29FN4O2S/c1-17-8-10-19(11-9-17)31-26-25-16-18-6-5-7-20(24)21(18)27-12-14-28(15-13-27)22(29)30-23(2,3)4/h5-11,16,26H,12-15H2,1-4H3/b25-16+. The Balaban J connectivity index is 1.62. The average molecular weight is 445 g/mol. The van der Waals surface area contributed by atoms with Gasteiger partial charge >= 0.3 is 6.09 Å². The lowest BCUT2D eigenvalue weighted by Gasteiger charge is -2.37. The molecule has 1 aliphatic rings. The number of hydrogen-bond donors (Lipinski definition) is 1. The number of hydrogen-bond acceptors (Lipinski definition) is 6. The second kappa shape index (κ2) is 10.0. The van der Waals surface area contributed by atoms with Gasteiger partial charge in [0.2, 0.25) is 0 Å². The van der Waals surface area contributed by atoms with E-state index in [0.29, 0.717) is 37.4 Å². The van der Waals surface area contributed by atoms with Crippen LogP contribution in [-0.4, -0.2) is 49.0 Å². The summed E-state index contributed by atoms with van der Waals surface area (Å²) in [6, 6.07) is 13.1. The van der Waals surface area contributed by atoms with E-state index in [2.05, 4.69) is 9.93 Å². The Morgan fingerprint density at radius 1 is 1.13 bits per heavy atom. The molecule has 0 aromatic heterocycles. The number of amides is 1. The normalized spacial score (nSPS) is 14.7. The van der Waals surface area contributed by atoms with Gasteiger partial charge in [-0.3, -0.25) is 0 Å². The Labute approximate surface area is 187 Å². The van der Waals surface area contributed by atoms with Gasteiger partial charge in [-0.15, -0.1) is 0 Å². The van der Waals surface area contributed by atoms with Crippen LogP contribution in [0, 0.1) is 12.7 Å². The summed E-state index contributed by atoms with van der Waals surface area (Å²) in [5, 5.41) is 4.25. The van der Waals surface area contributed by atoms with E-state index in [-0.39, 0.29) is 11.9 Å². The number of hydrazone groups is 1. The highest BCUT2D eigenvalue weighted by Gasteiger charge is 2.27. The van der Waals surface area contributed by atoms with E-state index >= 15 is 0 Å². The first kappa shape index (κ1) is 22.9. The van der Waals surface area contributed by atoms with E-state index in [0.717, 1.165) is 4.90 Å². The zero-order valence-corrected chi connectivity index (χ0v) is 19.2. The molecule has 1 fully saturated rings. The van der Waals surface area contributed by atoms with Crippen molar-refractivity contribution < 1.29 is 13.9 Å². The van der Waals surface area contributed by atoms with Crippen molar-refractivity contribution in [2.75, 3.05) is 31.1 Å². The molecule has 1 amide bonds. The van der Waals surface area contributed by atoms with Crippen LogP contribution in [0.15, 0.2) is 52.5 Å². The van der Waals surface area contributed by atoms with Gasteiger partial charge in [0.15, 0.2) is 0 Å². The molecule has 0 aliphatic carbocycles. The van der Waals surface area contributed by atoms with Crippen LogP contribution >= 0.6 is 11.9 Å². The van der Waals surface area contributed by atoms with Crippen molar-refractivity contribution in [2.24, 2.45) is 5.10 Å². The van der Waals surface area contributed by atoms with Crippen molar-refractivity contribution in [1.29, 1.82) is 0 Å². The first-order valence-electron chi connectivity index (χ1n) is 10.3. The lowest BCUT2D eigenvalue weighted by Crippen LogP contribution is -2.50. The zero-order chi connectivity index (χ0) is 22.4. The third-order valence-electron chi connectivity index (χ3n) is 4.71. The van der Waals surface area contributed by atoms with Gasteiger partial charge in [-0.2, -0.15) is 5.10 Å². The molecule has 0 radical (unpaired) electrons. The maximum atomic E-state index is 14.7. The van der Waals surface area contributed by atoms with Crippen LogP contribution in [0.1, 0.15) is 31.9 Å². The Morgan fingerprint density at radius 2 is 1.81 bits per heavy atom. The van der Waals surface area contributed by atoms with Gasteiger partial charge in [0.25, 0.3) is 0 Å². The molecule has 8 heteroatoms. The molecule has 0 saturated carbocycles. The van der Waals surface area contributed by atoms with Crippen LogP contribution in [0.25, 0.3) is 0 Å². The average Bonchev–Trinajstić information content (AvgIpc) is 2.71. The highest BCUT2D eigenvalue weighted by atomic mass is 32.2. The summed E-state index contributed by atoms with van der Waals surface area (Å²) in [6.45, 7) is 9.56. The summed E-state index contributed by atoms with van der Waals surface area (Å²) < 4.78 is 20.1. The Hall–Kier alpha value is -2.74. The lowest BCUT2D eigenvalue weighted by atomic mass is 10.1. The smallest absolute Gasteiger partial charge is 0.410 e. The number of halogens is 1. The van der Waals surface area contributed by atoms with Gasteiger partial charge in [-0.1, -0.05) is 29.8 Å². The van der Waals surface area contributed by atoms with E-state index in [4.69, 9.17) is 4.74 Å². The molecule has 0 atom stereocenters. The Morgan fingerprint density at radius 3 is 2.45 bits per heavy atom. The quantitative estimate of drug-likeness (QED) is 0.407. The molecule has 0 unspecified atom stereocenters. The lowest BCUT2D eigenvalue weighted by molar-refractivity contribution is 0.0240. The van der Waals surface area contributed by atoms with Crippen molar-refractivity contribution >= 4 is 29.9 Å². The Kier molecular flexibility index (Phi) is 7.43. The van der Waals surface area contributed by atoms with E-state index in [1.807, 2.05) is 62.9 Å². The van der Waals surface area contributed by atoms with Crippen LogP contribution < -0.4 is 9.73 Å². The molecule has 1 heterocycles. The predicted molar refractivity (Wildman–Crippen MR) is 124 cm³/mol. The fourth-order valence-corrected chi connectivity index (χ4v) is 3.67. The molecule has 1 N–H and O–H groups in total. The summed E-state index contributed by atoms with van der Waals surface area (Å²) in [5.74, 6) is -0.305. The predicted octanol–water partition coefficient (Wildman–Crippen LogP) is 4.82. The zero-order valence-electron chi connectivity index (χ0n) is 18.4. The molecule has 2 aromatic carbocycles. The number of para-hydroxylation sites is 1. The van der Waals surface area contributed by atoms with Crippen molar-refractivity contribution in [2.45, 2.75) is 38.2 Å². The molecule has 31 heavy (non-hydrogen) atoms. The highest BCUT2D eigenvalue weighted by molar-refractivity contribution is 7.97. The molecule has 3 rings (SSSR count). The van der Waals surface area contributed by atoms with Gasteiger partial charge in [-0.25, -0.2) is 14.0 Å². The second-order valence-corrected chi connectivity index (χ2v) is 9.25. The SMILES string of the molecule is Cc1ccc(SN/N=C/c2cccc(F)c2N2CCN(C(=O)OC(C)(C)C)CC2)cc1. The number of aryl methyl sites for hydroxylation is 1. The molecule has 1 aliphatic heterocycles. The first-order chi connectivity index (χ1) is 14.7. The molecule has 0 bridgehead atoms. The minimum atomic E-state index is -0.535. The van der Waals surface area contributed by atoms with Gasteiger partial charge in [0.05, 0.1) is 11.9 Å². The van der Waals surface area contributed by atoms with E-state index in [9.17, 15) is 9.18 Å². The topological polar surface area (TPSA) is 57.2 Å². The molecule has 6 nitrogen and oxygen atoms in total. The molecule has 2 aromatic rings. The summed E-state index contributed by atoms with van der Waals surface area (Å²) in [4.78, 5) is 19.9. The highest BCUT2D eigenvalue weighted by Crippen LogP contribution is 2.25. The van der Waals surface area contributed by atoms with Gasteiger partial charge < -0.3 is 14.5 Å². The molecule has 0 spiro atoms. The van der Waals surface area contributed by atoms with Crippen LogP contribution in [0.2, 0.25) is 0 Å². The van der Waals surface area contributed by atoms with Crippen LogP contribution in [0.5, 0.6) is 0 Å². The monoisotopic (exact) mass is 444 g/mol. The summed E-state index contributed by atoms with van der Waals surface area (Å²) >= 11 is 1.39. The molecule has 1 saturated heterocycles. The second-order valence-electron chi connectivity index (χ2n) is 8.40. The third-order valence-corrected chi connectivity index (χ3v) is 5.41.